The fourth-order valence-corrected chi connectivity index (χ4v) is 2.20. The lowest BCUT2D eigenvalue weighted by atomic mass is 10.1. The molecule has 116 valence electrons. The maximum Gasteiger partial charge on any atom is 0.121 e. The molecule has 24 heavy (non-hydrogen) atoms. The maximum absolute atomic E-state index is 5.19. The first-order chi connectivity index (χ1) is 11.8. The summed E-state index contributed by atoms with van der Waals surface area (Å²) in [6.07, 6.45) is 0. The van der Waals surface area contributed by atoms with Gasteiger partial charge in [-0.1, -0.05) is 54.5 Å². The number of hydrogen-bond acceptors (Lipinski definition) is 2. The Morgan fingerprint density at radius 2 is 1.42 bits per heavy atom. The first kappa shape index (κ1) is 15.6. The highest BCUT2D eigenvalue weighted by Crippen LogP contribution is 2.19. The Balaban J connectivity index is 1.99. The molecule has 0 heterocycles. The number of hydrogen-bond donors (Lipinski definition) is 0. The molecular weight excluding hydrogens is 294 g/mol. The molecule has 0 saturated heterocycles. The fourth-order valence-electron chi connectivity index (χ4n) is 2.20. The Morgan fingerprint density at radius 3 is 2.04 bits per heavy atom. The predicted molar refractivity (Wildman–Crippen MR) is 99.0 cm³/mol. The lowest BCUT2D eigenvalue weighted by Gasteiger charge is -2.02. The van der Waals surface area contributed by atoms with Crippen molar-refractivity contribution in [3.8, 4) is 17.6 Å². The van der Waals surface area contributed by atoms with Gasteiger partial charge >= 0.3 is 0 Å². The molecule has 0 bridgehead atoms. The zero-order valence-electron chi connectivity index (χ0n) is 13.4. The molecule has 0 amide bonds. The fraction of sp³-hybridized carbons (Fsp3) is 0.0455. The molecule has 0 aliphatic carbocycles. The Hall–Kier alpha value is -3.31. The summed E-state index contributed by atoms with van der Waals surface area (Å²) >= 11 is 0. The molecule has 0 unspecified atom stereocenters. The van der Waals surface area contributed by atoms with E-state index < -0.39 is 0 Å². The van der Waals surface area contributed by atoms with E-state index in [1.165, 1.54) is 0 Å². The van der Waals surface area contributed by atoms with Crippen LogP contribution in [0.5, 0.6) is 5.75 Å². The molecule has 0 fully saturated rings. The molecule has 0 spiro atoms. The van der Waals surface area contributed by atoms with E-state index in [1.807, 2.05) is 84.9 Å². The van der Waals surface area contributed by atoms with E-state index in [9.17, 15) is 0 Å². The lowest BCUT2D eigenvalue weighted by molar-refractivity contribution is 0.415. The van der Waals surface area contributed by atoms with Crippen molar-refractivity contribution in [2.24, 2.45) is 4.99 Å². The number of nitrogens with zero attached hydrogens (tertiary/aromatic N) is 1. The molecule has 0 N–H and O–H groups in total. The average Bonchev–Trinajstić information content (AvgIpc) is 2.67. The summed E-state index contributed by atoms with van der Waals surface area (Å²) < 4.78 is 5.19. The normalized spacial score (nSPS) is 10.6. The van der Waals surface area contributed by atoms with Crippen LogP contribution < -0.4 is 4.74 Å². The molecular formula is C22H17NO. The summed E-state index contributed by atoms with van der Waals surface area (Å²) in [6, 6.07) is 27.5. The van der Waals surface area contributed by atoms with E-state index in [4.69, 9.17) is 9.73 Å². The Bertz CT molecular complexity index is 870. The summed E-state index contributed by atoms with van der Waals surface area (Å²) in [6.45, 7) is 0. The molecule has 0 aromatic heterocycles. The molecule has 3 rings (SSSR count). The van der Waals surface area contributed by atoms with Gasteiger partial charge in [0.05, 0.1) is 12.8 Å². The first-order valence-electron chi connectivity index (χ1n) is 7.70. The Morgan fingerprint density at radius 1 is 0.792 bits per heavy atom. The summed E-state index contributed by atoms with van der Waals surface area (Å²) in [4.78, 5) is 4.71. The second-order valence-electron chi connectivity index (χ2n) is 5.14. The van der Waals surface area contributed by atoms with Crippen LogP contribution in [0.1, 0.15) is 11.1 Å². The number of methoxy groups -OCH3 is 1. The van der Waals surface area contributed by atoms with Crippen LogP contribution in [0.25, 0.3) is 0 Å². The molecule has 0 aliphatic rings. The smallest absolute Gasteiger partial charge is 0.121 e. The van der Waals surface area contributed by atoms with Gasteiger partial charge in [-0.05, 0) is 42.3 Å². The van der Waals surface area contributed by atoms with Crippen molar-refractivity contribution in [2.75, 3.05) is 7.11 Å². The average molecular weight is 311 g/mol. The van der Waals surface area contributed by atoms with Gasteiger partial charge in [0.25, 0.3) is 0 Å². The van der Waals surface area contributed by atoms with Gasteiger partial charge in [-0.25, -0.2) is 4.99 Å². The third-order valence-electron chi connectivity index (χ3n) is 3.46. The highest BCUT2D eigenvalue weighted by atomic mass is 16.5. The summed E-state index contributed by atoms with van der Waals surface area (Å²) in [5.74, 6) is 7.19. The standard InChI is InChI=1S/C22H17NO/c1-24-21-15-13-20(14-16-21)23-22(19-10-6-3-7-11-19)17-12-18-8-4-2-5-9-18/h2-11,13-16H,1H3. The van der Waals surface area contributed by atoms with Gasteiger partial charge in [0.1, 0.15) is 11.5 Å². The van der Waals surface area contributed by atoms with Crippen molar-refractivity contribution < 1.29 is 4.74 Å². The van der Waals surface area contributed by atoms with Crippen molar-refractivity contribution in [3.05, 3.63) is 96.1 Å². The van der Waals surface area contributed by atoms with Crippen LogP contribution in [0.4, 0.5) is 5.69 Å². The minimum Gasteiger partial charge on any atom is -0.497 e. The highest BCUT2D eigenvalue weighted by Gasteiger charge is 2.01. The minimum atomic E-state index is 0.740. The number of ether oxygens (including phenoxy) is 1. The van der Waals surface area contributed by atoms with Gasteiger partial charge in [0.15, 0.2) is 0 Å². The van der Waals surface area contributed by atoms with Crippen LogP contribution in [-0.4, -0.2) is 12.8 Å². The van der Waals surface area contributed by atoms with Crippen LogP contribution in [0.2, 0.25) is 0 Å². The van der Waals surface area contributed by atoms with Crippen LogP contribution in [-0.2, 0) is 0 Å². The Kier molecular flexibility index (Phi) is 5.07. The largest absolute Gasteiger partial charge is 0.497 e. The van der Waals surface area contributed by atoms with Gasteiger partial charge in [0, 0.05) is 11.1 Å². The second-order valence-corrected chi connectivity index (χ2v) is 5.14. The summed E-state index contributed by atoms with van der Waals surface area (Å²) in [5.41, 5.74) is 3.55. The SMILES string of the molecule is COc1ccc(N=C(C#Cc2ccccc2)c2ccccc2)cc1. The van der Waals surface area contributed by atoms with Gasteiger partial charge in [-0.2, -0.15) is 0 Å². The van der Waals surface area contributed by atoms with Gasteiger partial charge in [-0.15, -0.1) is 0 Å². The highest BCUT2D eigenvalue weighted by molar-refractivity contribution is 6.14. The molecule has 0 saturated carbocycles. The van der Waals surface area contributed by atoms with Gasteiger partial charge in [-0.3, -0.25) is 0 Å². The van der Waals surface area contributed by atoms with Crippen LogP contribution in [0.3, 0.4) is 0 Å². The monoisotopic (exact) mass is 311 g/mol. The maximum atomic E-state index is 5.19. The molecule has 3 aromatic carbocycles. The van der Waals surface area contributed by atoms with E-state index in [0.717, 1.165) is 28.3 Å². The second kappa shape index (κ2) is 7.80. The quantitative estimate of drug-likeness (QED) is 0.499. The third-order valence-corrected chi connectivity index (χ3v) is 3.46. The van der Waals surface area contributed by atoms with E-state index in [-0.39, 0.29) is 0 Å². The zero-order valence-corrected chi connectivity index (χ0v) is 13.4. The van der Waals surface area contributed by atoms with E-state index in [2.05, 4.69) is 11.8 Å². The summed E-state index contributed by atoms with van der Waals surface area (Å²) in [5, 5.41) is 0. The van der Waals surface area contributed by atoms with Crippen molar-refractivity contribution in [1.82, 2.24) is 0 Å². The Labute approximate surface area is 142 Å². The van der Waals surface area contributed by atoms with E-state index >= 15 is 0 Å². The van der Waals surface area contributed by atoms with Crippen LogP contribution in [0.15, 0.2) is 89.9 Å². The number of aliphatic imine (C=N–C) groups is 1. The molecule has 3 aromatic rings. The van der Waals surface area contributed by atoms with Crippen LogP contribution >= 0.6 is 0 Å². The van der Waals surface area contributed by atoms with Crippen LogP contribution in [0, 0.1) is 11.8 Å². The zero-order chi connectivity index (χ0) is 16.6. The van der Waals surface area contributed by atoms with Crippen molar-refractivity contribution in [2.45, 2.75) is 0 Å². The van der Waals surface area contributed by atoms with Crippen molar-refractivity contribution in [3.63, 3.8) is 0 Å². The molecule has 2 heteroatoms. The van der Waals surface area contributed by atoms with Crippen molar-refractivity contribution in [1.29, 1.82) is 0 Å². The molecule has 0 aliphatic heterocycles. The predicted octanol–water partition coefficient (Wildman–Crippen LogP) is 4.87. The van der Waals surface area contributed by atoms with Gasteiger partial charge < -0.3 is 4.74 Å². The molecule has 2 nitrogen and oxygen atoms in total. The molecule has 0 radical (unpaired) electrons. The number of benzene rings is 3. The van der Waals surface area contributed by atoms with E-state index in [0.29, 0.717) is 0 Å². The minimum absolute atomic E-state index is 0.740. The third kappa shape index (κ3) is 4.12. The van der Waals surface area contributed by atoms with Gasteiger partial charge in [0.2, 0.25) is 0 Å². The number of rotatable bonds is 3. The molecule has 0 atom stereocenters. The van der Waals surface area contributed by atoms with E-state index in [1.54, 1.807) is 7.11 Å². The summed E-state index contributed by atoms with van der Waals surface area (Å²) in [7, 11) is 1.65. The van der Waals surface area contributed by atoms with Crippen molar-refractivity contribution >= 4 is 11.4 Å². The first-order valence-corrected chi connectivity index (χ1v) is 7.70. The lowest BCUT2D eigenvalue weighted by Crippen LogP contribution is -1.96. The topological polar surface area (TPSA) is 21.6 Å².